The van der Waals surface area contributed by atoms with E-state index >= 15 is 0 Å². The van der Waals surface area contributed by atoms with Crippen LogP contribution in [0.15, 0.2) is 22.9 Å². The number of fused-ring (bicyclic) bond motifs is 3. The van der Waals surface area contributed by atoms with Crippen LogP contribution < -0.4 is 0 Å². The van der Waals surface area contributed by atoms with Crippen molar-refractivity contribution in [3.63, 3.8) is 0 Å². The molecule has 0 aromatic rings. The van der Waals surface area contributed by atoms with Crippen LogP contribution in [0.25, 0.3) is 0 Å². The largest absolute Gasteiger partial charge is 0.477 e. The zero-order valence-corrected chi connectivity index (χ0v) is 12.0. The van der Waals surface area contributed by atoms with Crippen LogP contribution in [-0.4, -0.2) is 40.6 Å². The molecule has 0 spiro atoms. The van der Waals surface area contributed by atoms with Gasteiger partial charge in [-0.1, -0.05) is 6.08 Å². The molecule has 3 rings (SSSR count). The first kappa shape index (κ1) is 13.4. The van der Waals surface area contributed by atoms with Crippen molar-refractivity contribution < 1.29 is 19.4 Å². The molecule has 3 atom stereocenters. The summed E-state index contributed by atoms with van der Waals surface area (Å²) in [6.07, 6.45) is 4.35. The highest BCUT2D eigenvalue weighted by molar-refractivity contribution is 6.10. The van der Waals surface area contributed by atoms with Gasteiger partial charge in [-0.25, -0.2) is 4.79 Å². The van der Waals surface area contributed by atoms with Crippen LogP contribution in [0.2, 0.25) is 0 Å². The zero-order chi connectivity index (χ0) is 14.7. The predicted molar refractivity (Wildman–Crippen MR) is 71.8 cm³/mol. The van der Waals surface area contributed by atoms with E-state index in [2.05, 4.69) is 0 Å². The van der Waals surface area contributed by atoms with Crippen molar-refractivity contribution in [1.29, 1.82) is 0 Å². The summed E-state index contributed by atoms with van der Waals surface area (Å²) in [7, 11) is 1.61. The van der Waals surface area contributed by atoms with Crippen molar-refractivity contribution in [1.82, 2.24) is 4.90 Å². The number of carboxylic acid groups (broad SMARTS) is 1. The van der Waals surface area contributed by atoms with E-state index in [0.29, 0.717) is 0 Å². The lowest BCUT2D eigenvalue weighted by Gasteiger charge is -2.51. The minimum absolute atomic E-state index is 0.0659. The Morgan fingerprint density at radius 2 is 2.20 bits per heavy atom. The maximum Gasteiger partial charge on any atom is 0.352 e. The summed E-state index contributed by atoms with van der Waals surface area (Å²) < 4.78 is 5.48. The van der Waals surface area contributed by atoms with Gasteiger partial charge in [-0.2, -0.15) is 0 Å². The van der Waals surface area contributed by atoms with E-state index in [1.54, 1.807) is 7.11 Å². The highest BCUT2D eigenvalue weighted by Crippen LogP contribution is 2.58. The van der Waals surface area contributed by atoms with E-state index < -0.39 is 11.5 Å². The van der Waals surface area contributed by atoms with Gasteiger partial charge in [0.05, 0.1) is 11.6 Å². The zero-order valence-electron chi connectivity index (χ0n) is 12.0. The van der Waals surface area contributed by atoms with Gasteiger partial charge in [-0.05, 0) is 38.7 Å². The summed E-state index contributed by atoms with van der Waals surface area (Å²) in [6, 6.07) is 0. The number of allylic oxidation sites excluding steroid dienone is 1. The molecule has 3 aliphatic rings. The molecule has 2 aliphatic heterocycles. The molecule has 0 bridgehead atoms. The molecule has 5 heteroatoms. The van der Waals surface area contributed by atoms with Gasteiger partial charge in [0.25, 0.3) is 5.91 Å². The number of carbonyl (C=O) groups excluding carboxylic acids is 1. The van der Waals surface area contributed by atoms with Crippen LogP contribution >= 0.6 is 0 Å². The Morgan fingerprint density at radius 1 is 1.50 bits per heavy atom. The van der Waals surface area contributed by atoms with Crippen molar-refractivity contribution in [2.45, 2.75) is 44.8 Å². The van der Waals surface area contributed by atoms with Crippen LogP contribution in [-0.2, 0) is 14.3 Å². The molecule has 1 amide bonds. The average Bonchev–Trinajstić information content (AvgIpc) is 2.66. The normalized spacial score (nSPS) is 37.9. The Balaban J connectivity index is 2.18. The summed E-state index contributed by atoms with van der Waals surface area (Å²) in [5, 5.41) is 9.55. The van der Waals surface area contributed by atoms with Crippen LogP contribution in [0.1, 0.15) is 33.1 Å². The second kappa shape index (κ2) is 4.19. The lowest BCUT2D eigenvalue weighted by atomic mass is 9.66. The van der Waals surface area contributed by atoms with Crippen molar-refractivity contribution in [3.8, 4) is 0 Å². The Hall–Kier alpha value is -1.62. The number of methoxy groups -OCH3 is 1. The number of nitrogens with zero attached hydrogens (tertiary/aromatic N) is 1. The predicted octanol–water partition coefficient (Wildman–Crippen LogP) is 1.70. The van der Waals surface area contributed by atoms with Gasteiger partial charge in [-0.15, -0.1) is 0 Å². The SMILES string of the molecule is C/C=C1/C(=O)N2C(C(=O)O)=C3[C@@H](OC)CCC[C@@H]3[C@]12C. The fourth-order valence-corrected chi connectivity index (χ4v) is 4.25. The fourth-order valence-electron chi connectivity index (χ4n) is 4.25. The van der Waals surface area contributed by atoms with Gasteiger partial charge < -0.3 is 9.84 Å². The van der Waals surface area contributed by atoms with Crippen LogP contribution in [0.3, 0.4) is 0 Å². The van der Waals surface area contributed by atoms with E-state index in [0.717, 1.165) is 30.4 Å². The molecule has 0 aromatic heterocycles. The minimum atomic E-state index is -1.03. The molecular weight excluding hydrogens is 258 g/mol. The fraction of sp³-hybridized carbons (Fsp3) is 0.600. The molecule has 0 aromatic carbocycles. The van der Waals surface area contributed by atoms with Crippen molar-refractivity contribution in [2.24, 2.45) is 5.92 Å². The number of β-lactam (4-membered cyclic amide) rings is 1. The smallest absolute Gasteiger partial charge is 0.352 e. The minimum Gasteiger partial charge on any atom is -0.477 e. The van der Waals surface area contributed by atoms with Crippen LogP contribution in [0.5, 0.6) is 0 Å². The van der Waals surface area contributed by atoms with Crippen LogP contribution in [0, 0.1) is 5.92 Å². The highest BCUT2D eigenvalue weighted by Gasteiger charge is 2.66. The average molecular weight is 277 g/mol. The molecule has 1 aliphatic carbocycles. The molecule has 108 valence electrons. The van der Waals surface area contributed by atoms with Crippen LogP contribution in [0.4, 0.5) is 0 Å². The monoisotopic (exact) mass is 277 g/mol. The number of hydrogen-bond donors (Lipinski definition) is 1. The Kier molecular flexibility index (Phi) is 2.80. The molecule has 2 heterocycles. The number of carboxylic acids is 1. The van der Waals surface area contributed by atoms with E-state index in [9.17, 15) is 14.7 Å². The second-order valence-corrected chi connectivity index (χ2v) is 5.81. The molecule has 5 nitrogen and oxygen atoms in total. The molecule has 0 radical (unpaired) electrons. The van der Waals surface area contributed by atoms with Crippen molar-refractivity contribution in [3.05, 3.63) is 22.9 Å². The summed E-state index contributed by atoms with van der Waals surface area (Å²) in [4.78, 5) is 25.4. The summed E-state index contributed by atoms with van der Waals surface area (Å²) in [5.74, 6) is -1.14. The van der Waals surface area contributed by atoms with E-state index in [4.69, 9.17) is 4.74 Å². The van der Waals surface area contributed by atoms with E-state index in [-0.39, 0.29) is 23.6 Å². The number of aliphatic carboxylic acids is 1. The van der Waals surface area contributed by atoms with E-state index in [1.807, 2.05) is 19.9 Å². The first-order valence-corrected chi connectivity index (χ1v) is 7.00. The molecule has 1 N–H and O–H groups in total. The van der Waals surface area contributed by atoms with Gasteiger partial charge >= 0.3 is 5.97 Å². The molecule has 20 heavy (non-hydrogen) atoms. The van der Waals surface area contributed by atoms with Gasteiger partial charge in [0.1, 0.15) is 5.70 Å². The summed E-state index contributed by atoms with van der Waals surface area (Å²) in [6.45, 7) is 3.81. The Labute approximate surface area is 117 Å². The van der Waals surface area contributed by atoms with Gasteiger partial charge in [0.2, 0.25) is 0 Å². The third-order valence-electron chi connectivity index (χ3n) is 5.08. The molecule has 2 fully saturated rings. The Morgan fingerprint density at radius 3 is 2.75 bits per heavy atom. The standard InChI is InChI=1S/C15H19NO4/c1-4-8-13(17)16-12(14(18)19)11-9(15(8,16)2)6-5-7-10(11)20-3/h4,9-10H,5-7H2,1-3H3,(H,18,19)/b8-4-/t9-,10-,15-/m0/s1. The third kappa shape index (κ3) is 1.31. The maximum atomic E-state index is 12.3. The lowest BCUT2D eigenvalue weighted by Crippen LogP contribution is -2.64. The topological polar surface area (TPSA) is 66.8 Å². The molecule has 1 saturated carbocycles. The highest BCUT2D eigenvalue weighted by atomic mass is 16.5. The van der Waals surface area contributed by atoms with E-state index in [1.165, 1.54) is 4.90 Å². The molecule has 0 unspecified atom stereocenters. The number of amides is 1. The van der Waals surface area contributed by atoms with Crippen molar-refractivity contribution in [2.75, 3.05) is 7.11 Å². The summed E-state index contributed by atoms with van der Waals surface area (Å²) in [5.41, 5.74) is 1.19. The first-order valence-electron chi connectivity index (χ1n) is 7.00. The Bertz CT molecular complexity index is 562. The van der Waals surface area contributed by atoms with Gasteiger partial charge in [0, 0.05) is 18.6 Å². The maximum absolute atomic E-state index is 12.3. The third-order valence-corrected chi connectivity index (χ3v) is 5.08. The number of hydrogen-bond acceptors (Lipinski definition) is 3. The second-order valence-electron chi connectivity index (χ2n) is 5.81. The first-order chi connectivity index (χ1) is 9.48. The number of carbonyl (C=O) groups is 2. The summed E-state index contributed by atoms with van der Waals surface area (Å²) >= 11 is 0. The van der Waals surface area contributed by atoms with Gasteiger partial charge in [-0.3, -0.25) is 9.69 Å². The quantitative estimate of drug-likeness (QED) is 0.616. The number of rotatable bonds is 2. The molecular formula is C15H19NO4. The number of ether oxygens (including phenoxy) is 1. The molecule has 1 saturated heterocycles. The van der Waals surface area contributed by atoms with Gasteiger partial charge in [0.15, 0.2) is 0 Å². The van der Waals surface area contributed by atoms with Crippen molar-refractivity contribution >= 4 is 11.9 Å². The lowest BCUT2D eigenvalue weighted by molar-refractivity contribution is -0.147.